The number of aryl methyl sites for hydroxylation is 1. The number of ether oxygens (including phenoxy) is 1. The van der Waals surface area contributed by atoms with Gasteiger partial charge in [0.2, 0.25) is 5.76 Å². The maximum atomic E-state index is 13.5. The van der Waals surface area contributed by atoms with Gasteiger partial charge in [0.15, 0.2) is 5.43 Å². The van der Waals surface area contributed by atoms with Gasteiger partial charge in [-0.3, -0.25) is 9.59 Å². The molecule has 0 radical (unpaired) electrons. The van der Waals surface area contributed by atoms with E-state index in [9.17, 15) is 9.59 Å². The van der Waals surface area contributed by atoms with E-state index in [1.54, 1.807) is 17.0 Å². The summed E-state index contributed by atoms with van der Waals surface area (Å²) in [5.74, 6) is 0.654. The van der Waals surface area contributed by atoms with E-state index in [0.717, 1.165) is 36.1 Å². The van der Waals surface area contributed by atoms with Gasteiger partial charge in [0.05, 0.1) is 23.6 Å². The smallest absolute Gasteiger partial charge is 0.290 e. The monoisotopic (exact) mass is 439 g/mol. The summed E-state index contributed by atoms with van der Waals surface area (Å²) in [6.07, 6.45) is 2.70. The van der Waals surface area contributed by atoms with E-state index >= 15 is 0 Å². The minimum absolute atomic E-state index is 0.131. The molecule has 3 aromatic rings. The zero-order valence-corrected chi connectivity index (χ0v) is 18.8. The van der Waals surface area contributed by atoms with Gasteiger partial charge in [-0.15, -0.1) is 0 Å². The maximum Gasteiger partial charge on any atom is 0.290 e. The Balaban J connectivity index is 1.87. The lowest BCUT2D eigenvalue weighted by atomic mass is 9.98. The Morgan fingerprint density at radius 3 is 2.52 bits per heavy atom. The van der Waals surface area contributed by atoms with Crippen LogP contribution in [0.15, 0.2) is 45.6 Å². The second-order valence-corrected chi connectivity index (χ2v) is 8.35. The van der Waals surface area contributed by atoms with Gasteiger partial charge in [-0.05, 0) is 55.2 Å². The fourth-order valence-corrected chi connectivity index (χ4v) is 4.18. The van der Waals surface area contributed by atoms with Crippen LogP contribution in [0.3, 0.4) is 0 Å². The molecule has 0 fully saturated rings. The Morgan fingerprint density at radius 2 is 1.84 bits per heavy atom. The van der Waals surface area contributed by atoms with Crippen LogP contribution in [0.5, 0.6) is 5.75 Å². The van der Waals surface area contributed by atoms with Gasteiger partial charge in [0, 0.05) is 11.6 Å². The molecule has 1 amide bonds. The number of halogens is 1. The summed E-state index contributed by atoms with van der Waals surface area (Å²) in [6.45, 7) is 7.16. The van der Waals surface area contributed by atoms with Crippen LogP contribution in [-0.2, 0) is 0 Å². The first-order valence-corrected chi connectivity index (χ1v) is 11.1. The minimum Gasteiger partial charge on any atom is -0.494 e. The summed E-state index contributed by atoms with van der Waals surface area (Å²) in [7, 11) is 0. The molecule has 0 bridgehead atoms. The number of carbonyl (C=O) groups is 1. The predicted molar refractivity (Wildman–Crippen MR) is 122 cm³/mol. The fraction of sp³-hybridized carbons (Fsp3) is 0.360. The molecule has 1 aliphatic heterocycles. The Labute approximate surface area is 186 Å². The molecule has 0 saturated carbocycles. The molecule has 0 aliphatic carbocycles. The highest BCUT2D eigenvalue weighted by atomic mass is 35.5. The summed E-state index contributed by atoms with van der Waals surface area (Å²) >= 11 is 6.28. The molecule has 4 rings (SSSR count). The number of benzene rings is 2. The van der Waals surface area contributed by atoms with Gasteiger partial charge in [-0.1, -0.05) is 44.0 Å². The van der Waals surface area contributed by atoms with E-state index in [4.69, 9.17) is 20.8 Å². The van der Waals surface area contributed by atoms with Crippen LogP contribution < -0.4 is 10.2 Å². The van der Waals surface area contributed by atoms with Crippen LogP contribution in [0.4, 0.5) is 0 Å². The minimum atomic E-state index is -0.491. The largest absolute Gasteiger partial charge is 0.494 e. The summed E-state index contributed by atoms with van der Waals surface area (Å²) in [5, 5.41) is 0.897. The number of rotatable bonds is 7. The van der Waals surface area contributed by atoms with Crippen molar-refractivity contribution in [3.63, 3.8) is 0 Å². The van der Waals surface area contributed by atoms with E-state index in [0.29, 0.717) is 34.7 Å². The quantitative estimate of drug-likeness (QED) is 0.460. The van der Waals surface area contributed by atoms with Crippen molar-refractivity contribution < 1.29 is 13.9 Å². The molecule has 2 heterocycles. The number of carbonyl (C=O) groups excluding carboxylic acids is 1. The molecule has 2 aromatic carbocycles. The average Bonchev–Trinajstić information content (AvgIpc) is 3.04. The molecule has 31 heavy (non-hydrogen) atoms. The van der Waals surface area contributed by atoms with Crippen LogP contribution in [0.2, 0.25) is 5.02 Å². The number of fused-ring (bicyclic) bond motifs is 2. The lowest BCUT2D eigenvalue weighted by molar-refractivity contribution is 0.0725. The third kappa shape index (κ3) is 3.83. The van der Waals surface area contributed by atoms with E-state index in [1.165, 1.54) is 0 Å². The highest BCUT2D eigenvalue weighted by Gasteiger charge is 2.42. The molecule has 0 N–H and O–H groups in total. The normalized spacial score (nSPS) is 15.5. The van der Waals surface area contributed by atoms with Gasteiger partial charge in [0.1, 0.15) is 11.3 Å². The van der Waals surface area contributed by atoms with Crippen molar-refractivity contribution in [3.05, 3.63) is 74.1 Å². The van der Waals surface area contributed by atoms with Crippen molar-refractivity contribution >= 4 is 28.5 Å². The lowest BCUT2D eigenvalue weighted by Gasteiger charge is -2.25. The molecule has 1 unspecified atom stereocenters. The Kier molecular flexibility index (Phi) is 6.05. The summed E-state index contributed by atoms with van der Waals surface area (Å²) in [4.78, 5) is 28.5. The van der Waals surface area contributed by atoms with Crippen molar-refractivity contribution in [1.29, 1.82) is 0 Å². The molecule has 1 atom stereocenters. The topological polar surface area (TPSA) is 59.8 Å². The third-order valence-electron chi connectivity index (χ3n) is 5.67. The molecular formula is C25H26ClNO4. The van der Waals surface area contributed by atoms with Gasteiger partial charge < -0.3 is 14.1 Å². The fourth-order valence-electron chi connectivity index (χ4n) is 4.01. The van der Waals surface area contributed by atoms with Crippen molar-refractivity contribution in [2.24, 2.45) is 0 Å². The Hall–Kier alpha value is -2.79. The van der Waals surface area contributed by atoms with Crippen molar-refractivity contribution in [2.75, 3.05) is 13.2 Å². The van der Waals surface area contributed by atoms with E-state index in [1.807, 2.05) is 31.2 Å². The number of hydrogen-bond acceptors (Lipinski definition) is 4. The molecule has 0 saturated heterocycles. The van der Waals surface area contributed by atoms with Gasteiger partial charge in [-0.25, -0.2) is 0 Å². The predicted octanol–water partition coefficient (Wildman–Crippen LogP) is 5.89. The van der Waals surface area contributed by atoms with Crippen LogP contribution in [0, 0.1) is 6.92 Å². The Morgan fingerprint density at radius 1 is 1.10 bits per heavy atom. The van der Waals surface area contributed by atoms with Crippen LogP contribution in [0.1, 0.15) is 66.4 Å². The number of amides is 1. The summed E-state index contributed by atoms with van der Waals surface area (Å²) in [6, 6.07) is 10.5. The van der Waals surface area contributed by atoms with Crippen molar-refractivity contribution in [1.82, 2.24) is 4.90 Å². The zero-order chi connectivity index (χ0) is 22.1. The first-order valence-electron chi connectivity index (χ1n) is 10.8. The second kappa shape index (κ2) is 8.75. The highest BCUT2D eigenvalue weighted by molar-refractivity contribution is 6.32. The van der Waals surface area contributed by atoms with Crippen LogP contribution in [-0.4, -0.2) is 24.0 Å². The lowest BCUT2D eigenvalue weighted by Crippen LogP contribution is -2.30. The van der Waals surface area contributed by atoms with Crippen LogP contribution in [0.25, 0.3) is 11.0 Å². The molecule has 1 aliphatic rings. The van der Waals surface area contributed by atoms with Gasteiger partial charge in [0.25, 0.3) is 5.91 Å². The molecule has 0 spiro atoms. The maximum absolute atomic E-state index is 13.5. The zero-order valence-electron chi connectivity index (χ0n) is 18.0. The van der Waals surface area contributed by atoms with Gasteiger partial charge in [-0.2, -0.15) is 0 Å². The van der Waals surface area contributed by atoms with Gasteiger partial charge >= 0.3 is 0 Å². The van der Waals surface area contributed by atoms with E-state index < -0.39 is 6.04 Å². The number of hydrogen-bond donors (Lipinski definition) is 0. The average molecular weight is 440 g/mol. The highest BCUT2D eigenvalue weighted by Crippen LogP contribution is 2.39. The third-order valence-corrected chi connectivity index (χ3v) is 6.08. The molecular weight excluding hydrogens is 414 g/mol. The first-order chi connectivity index (χ1) is 15.0. The molecule has 1 aromatic heterocycles. The number of nitrogens with zero attached hydrogens (tertiary/aromatic N) is 1. The van der Waals surface area contributed by atoms with Crippen molar-refractivity contribution in [3.8, 4) is 5.75 Å². The van der Waals surface area contributed by atoms with E-state index in [2.05, 4.69) is 13.8 Å². The SMILES string of the molecule is CCCCN1C(=O)c2oc3cc(C)c(Cl)cc3c(=O)c2C1c1ccc(OCCC)cc1. The molecule has 6 heteroatoms. The first kappa shape index (κ1) is 21.4. The summed E-state index contributed by atoms with van der Waals surface area (Å²) in [5.41, 5.74) is 2.22. The van der Waals surface area contributed by atoms with Crippen molar-refractivity contribution in [2.45, 2.75) is 46.1 Å². The second-order valence-electron chi connectivity index (χ2n) is 7.94. The molecule has 5 nitrogen and oxygen atoms in total. The number of unbranched alkanes of at least 4 members (excludes halogenated alkanes) is 1. The summed E-state index contributed by atoms with van der Waals surface area (Å²) < 4.78 is 11.7. The standard InChI is InChI=1S/C25H26ClNO4/c1-4-6-11-27-22(16-7-9-17(10-8-16)30-12-5-2)21-23(28)18-14-19(26)15(3)13-20(18)31-24(21)25(27)29/h7-10,13-14,22H,4-6,11-12H2,1-3H3. The van der Waals surface area contributed by atoms with E-state index in [-0.39, 0.29) is 17.1 Å². The Bertz CT molecular complexity index is 1180. The van der Waals surface area contributed by atoms with Crippen LogP contribution >= 0.6 is 11.6 Å². The molecule has 162 valence electrons.